The molecule has 6 heteroatoms. The van der Waals surface area contributed by atoms with E-state index in [1.165, 1.54) is 0 Å². The van der Waals surface area contributed by atoms with Crippen LogP contribution in [0.1, 0.15) is 0 Å². The van der Waals surface area contributed by atoms with Gasteiger partial charge in [-0.1, -0.05) is 0 Å². The first kappa shape index (κ1) is 7.93. The van der Waals surface area contributed by atoms with E-state index in [1.54, 1.807) is 0 Å². The maximum absolute atomic E-state index is 10.9. The molecule has 1 aromatic rings. The van der Waals surface area contributed by atoms with E-state index < -0.39 is 11.2 Å². The van der Waals surface area contributed by atoms with Crippen molar-refractivity contribution in [2.24, 2.45) is 0 Å². The molecule has 0 bridgehead atoms. The summed E-state index contributed by atoms with van der Waals surface area (Å²) in [7, 11) is 0. The van der Waals surface area contributed by atoms with E-state index in [1.807, 2.05) is 0 Å². The summed E-state index contributed by atoms with van der Waals surface area (Å²) < 4.78 is 0.930. The highest BCUT2D eigenvalue weighted by atomic mass is 32.1. The zero-order chi connectivity index (χ0) is 8.43. The SMILES string of the molecule is Nc1cc(=O)n(CS)c(=O)[nH]1. The molecule has 0 fully saturated rings. The van der Waals surface area contributed by atoms with Crippen LogP contribution in [0.2, 0.25) is 0 Å². The fraction of sp³-hybridized carbons (Fsp3) is 0.200. The molecule has 1 rings (SSSR count). The number of thiol groups is 1. The molecule has 0 saturated heterocycles. The lowest BCUT2D eigenvalue weighted by Gasteiger charge is -1.98. The van der Waals surface area contributed by atoms with Gasteiger partial charge in [0.2, 0.25) is 0 Å². The molecule has 3 N–H and O–H groups in total. The highest BCUT2D eigenvalue weighted by molar-refractivity contribution is 7.79. The normalized spacial score (nSPS) is 9.91. The molecule has 60 valence electrons. The molecule has 0 aliphatic heterocycles. The molecule has 0 aliphatic carbocycles. The van der Waals surface area contributed by atoms with Crippen molar-refractivity contribution in [3.8, 4) is 0 Å². The van der Waals surface area contributed by atoms with Gasteiger partial charge in [-0.2, -0.15) is 12.6 Å². The lowest BCUT2D eigenvalue weighted by molar-refractivity contribution is 0.767. The molecule has 11 heavy (non-hydrogen) atoms. The van der Waals surface area contributed by atoms with Gasteiger partial charge in [-0.05, 0) is 0 Å². The van der Waals surface area contributed by atoms with E-state index in [-0.39, 0.29) is 11.7 Å². The van der Waals surface area contributed by atoms with Crippen LogP contribution in [0.15, 0.2) is 15.7 Å². The summed E-state index contributed by atoms with van der Waals surface area (Å²) in [6.45, 7) is 0. The van der Waals surface area contributed by atoms with Crippen molar-refractivity contribution in [1.29, 1.82) is 0 Å². The van der Waals surface area contributed by atoms with E-state index in [9.17, 15) is 9.59 Å². The minimum atomic E-state index is -0.537. The van der Waals surface area contributed by atoms with E-state index in [2.05, 4.69) is 17.6 Å². The van der Waals surface area contributed by atoms with Crippen LogP contribution in [0, 0.1) is 0 Å². The largest absolute Gasteiger partial charge is 0.385 e. The molecule has 5 nitrogen and oxygen atoms in total. The molecule has 0 aliphatic rings. The fourth-order valence-corrected chi connectivity index (χ4v) is 0.940. The van der Waals surface area contributed by atoms with Gasteiger partial charge >= 0.3 is 5.69 Å². The summed E-state index contributed by atoms with van der Waals surface area (Å²) in [4.78, 5) is 24.0. The number of aromatic amines is 1. The van der Waals surface area contributed by atoms with Gasteiger partial charge in [0.05, 0.1) is 5.88 Å². The second-order valence-corrected chi connectivity index (χ2v) is 2.22. The number of anilines is 1. The number of nitrogen functional groups attached to an aromatic ring is 1. The number of nitrogens with zero attached hydrogens (tertiary/aromatic N) is 1. The maximum atomic E-state index is 10.9. The first-order chi connectivity index (χ1) is 5.15. The number of hydrogen-bond donors (Lipinski definition) is 3. The van der Waals surface area contributed by atoms with Crippen LogP contribution in [-0.2, 0) is 5.88 Å². The molecular weight excluding hydrogens is 166 g/mol. The third-order valence-electron chi connectivity index (χ3n) is 1.18. The van der Waals surface area contributed by atoms with Crippen LogP contribution in [0.5, 0.6) is 0 Å². The number of rotatable bonds is 1. The smallest absolute Gasteiger partial charge is 0.330 e. The van der Waals surface area contributed by atoms with Crippen molar-refractivity contribution in [1.82, 2.24) is 9.55 Å². The predicted molar refractivity (Wildman–Crippen MR) is 44.7 cm³/mol. The number of aromatic nitrogens is 2. The predicted octanol–water partition coefficient (Wildman–Crippen LogP) is -0.994. The molecule has 1 aromatic heterocycles. The Morgan fingerprint density at radius 2 is 2.27 bits per heavy atom. The van der Waals surface area contributed by atoms with Crippen molar-refractivity contribution >= 4 is 18.4 Å². The van der Waals surface area contributed by atoms with Gasteiger partial charge in [-0.15, -0.1) is 0 Å². The van der Waals surface area contributed by atoms with Crippen LogP contribution in [0.4, 0.5) is 5.82 Å². The molecule has 0 saturated carbocycles. The molecule has 0 atom stereocenters. The second kappa shape index (κ2) is 2.83. The Hall–Kier alpha value is -1.17. The first-order valence-corrected chi connectivity index (χ1v) is 3.49. The van der Waals surface area contributed by atoms with Gasteiger partial charge < -0.3 is 5.73 Å². The number of nitrogens with one attached hydrogen (secondary N) is 1. The second-order valence-electron chi connectivity index (χ2n) is 1.94. The standard InChI is InChI=1S/C5H7N3O2S/c6-3-1-4(9)8(2-11)5(10)7-3/h1,11H,2,6H2,(H,7,10). The van der Waals surface area contributed by atoms with Crippen molar-refractivity contribution in [2.75, 3.05) is 5.73 Å². The van der Waals surface area contributed by atoms with Crippen molar-refractivity contribution < 1.29 is 0 Å². The van der Waals surface area contributed by atoms with Crippen molar-refractivity contribution in [3.63, 3.8) is 0 Å². The van der Waals surface area contributed by atoms with E-state index in [0.717, 1.165) is 10.6 Å². The monoisotopic (exact) mass is 173 g/mol. The highest BCUT2D eigenvalue weighted by Crippen LogP contribution is 1.83. The van der Waals surface area contributed by atoms with Gasteiger partial charge in [0.1, 0.15) is 5.82 Å². The molecule has 0 amide bonds. The van der Waals surface area contributed by atoms with Crippen LogP contribution in [0.25, 0.3) is 0 Å². The Balaban J connectivity index is 3.50. The molecule has 0 unspecified atom stereocenters. The topological polar surface area (TPSA) is 80.9 Å². The Bertz CT molecular complexity index is 335. The third-order valence-corrected chi connectivity index (χ3v) is 1.47. The molecule has 0 radical (unpaired) electrons. The number of hydrogen-bond acceptors (Lipinski definition) is 4. The van der Waals surface area contributed by atoms with Gasteiger partial charge in [-0.3, -0.25) is 14.3 Å². The van der Waals surface area contributed by atoms with E-state index in [4.69, 9.17) is 5.73 Å². The van der Waals surface area contributed by atoms with Crippen LogP contribution in [0.3, 0.4) is 0 Å². The molecule has 0 spiro atoms. The Morgan fingerprint density at radius 1 is 1.64 bits per heavy atom. The lowest BCUT2D eigenvalue weighted by atomic mass is 10.6. The Morgan fingerprint density at radius 3 is 2.73 bits per heavy atom. The summed E-state index contributed by atoms with van der Waals surface area (Å²) >= 11 is 3.79. The van der Waals surface area contributed by atoms with Crippen LogP contribution in [-0.4, -0.2) is 9.55 Å². The van der Waals surface area contributed by atoms with Crippen molar-refractivity contribution in [3.05, 3.63) is 26.9 Å². The summed E-state index contributed by atoms with van der Waals surface area (Å²) in [5.41, 5.74) is 4.21. The van der Waals surface area contributed by atoms with E-state index in [0.29, 0.717) is 0 Å². The van der Waals surface area contributed by atoms with Crippen LogP contribution < -0.4 is 17.0 Å². The van der Waals surface area contributed by atoms with E-state index >= 15 is 0 Å². The molecule has 0 aromatic carbocycles. The average molecular weight is 173 g/mol. The quantitative estimate of drug-likeness (QED) is 0.477. The van der Waals surface area contributed by atoms with Gasteiger partial charge in [0.25, 0.3) is 5.56 Å². The molecular formula is C5H7N3O2S. The summed E-state index contributed by atoms with van der Waals surface area (Å²) in [5.74, 6) is 0.118. The van der Waals surface area contributed by atoms with Gasteiger partial charge in [0.15, 0.2) is 0 Å². The summed E-state index contributed by atoms with van der Waals surface area (Å²) in [6, 6.07) is 1.14. The fourth-order valence-electron chi connectivity index (χ4n) is 0.672. The zero-order valence-corrected chi connectivity index (χ0v) is 6.47. The first-order valence-electron chi connectivity index (χ1n) is 2.85. The minimum absolute atomic E-state index is 0.0500. The third kappa shape index (κ3) is 1.45. The number of nitrogens with two attached hydrogens (primary N) is 1. The maximum Gasteiger partial charge on any atom is 0.330 e. The van der Waals surface area contributed by atoms with Gasteiger partial charge in [0, 0.05) is 6.07 Å². The average Bonchev–Trinajstić information content (AvgIpc) is 1.85. The lowest BCUT2D eigenvalue weighted by Crippen LogP contribution is -2.33. The Kier molecular flexibility index (Phi) is 2.04. The number of H-pyrrole nitrogens is 1. The summed E-state index contributed by atoms with van der Waals surface area (Å²) in [5, 5.41) is 0. The van der Waals surface area contributed by atoms with Crippen molar-refractivity contribution in [2.45, 2.75) is 5.88 Å². The molecule has 1 heterocycles. The van der Waals surface area contributed by atoms with Gasteiger partial charge in [-0.25, -0.2) is 4.79 Å². The summed E-state index contributed by atoms with van der Waals surface area (Å²) in [6.07, 6.45) is 0. The Labute approximate surface area is 67.3 Å². The minimum Gasteiger partial charge on any atom is -0.385 e. The zero-order valence-electron chi connectivity index (χ0n) is 5.57. The van der Waals surface area contributed by atoms with Crippen LogP contribution >= 0.6 is 12.6 Å². The highest BCUT2D eigenvalue weighted by Gasteiger charge is 1.98.